The normalized spacial score (nSPS) is 21.3. The maximum atomic E-state index is 11.7. The zero-order chi connectivity index (χ0) is 10.7. The minimum Gasteiger partial charge on any atom is -0.306 e. The molecule has 1 aromatic rings. The summed E-state index contributed by atoms with van der Waals surface area (Å²) >= 11 is 1.40. The standard InChI is InChI=1S/C9H14N4OS/c1-6-12-13-9(15-6)11-8(14)7-4-2-3-5-10-7/h7,10H,2-5H2,1H3,(H,11,13,14)/t7-/m1/s1. The minimum atomic E-state index is -0.0667. The SMILES string of the molecule is Cc1nnc(NC(=O)[C@H]2CCCCN2)s1. The first kappa shape index (κ1) is 10.5. The van der Waals surface area contributed by atoms with E-state index in [0.717, 1.165) is 30.8 Å². The fourth-order valence-corrected chi connectivity index (χ4v) is 2.21. The van der Waals surface area contributed by atoms with Crippen molar-refractivity contribution in [3.8, 4) is 0 Å². The van der Waals surface area contributed by atoms with Gasteiger partial charge < -0.3 is 5.32 Å². The summed E-state index contributed by atoms with van der Waals surface area (Å²) < 4.78 is 0. The molecule has 2 N–H and O–H groups in total. The molecule has 0 bridgehead atoms. The smallest absolute Gasteiger partial charge is 0.243 e. The summed E-state index contributed by atoms with van der Waals surface area (Å²) in [5.74, 6) is 0.00542. The first-order valence-corrected chi connectivity index (χ1v) is 5.92. The first-order valence-electron chi connectivity index (χ1n) is 5.10. The van der Waals surface area contributed by atoms with Crippen molar-refractivity contribution in [3.05, 3.63) is 5.01 Å². The lowest BCUT2D eigenvalue weighted by molar-refractivity contribution is -0.118. The Kier molecular flexibility index (Phi) is 3.27. The summed E-state index contributed by atoms with van der Waals surface area (Å²) in [5, 5.41) is 15.1. The molecule has 0 unspecified atom stereocenters. The number of amides is 1. The van der Waals surface area contributed by atoms with Gasteiger partial charge in [0.1, 0.15) is 5.01 Å². The minimum absolute atomic E-state index is 0.00542. The number of carbonyl (C=O) groups excluding carboxylic acids is 1. The Hall–Kier alpha value is -1.01. The maximum Gasteiger partial charge on any atom is 0.243 e. The molecule has 0 aromatic carbocycles. The molecule has 1 aromatic heterocycles. The van der Waals surface area contributed by atoms with Crippen LogP contribution >= 0.6 is 11.3 Å². The highest BCUT2D eigenvalue weighted by Crippen LogP contribution is 2.15. The van der Waals surface area contributed by atoms with Gasteiger partial charge in [-0.25, -0.2) is 0 Å². The summed E-state index contributed by atoms with van der Waals surface area (Å²) in [6.45, 7) is 2.79. The van der Waals surface area contributed by atoms with E-state index in [2.05, 4.69) is 20.8 Å². The number of hydrogen-bond acceptors (Lipinski definition) is 5. The highest BCUT2D eigenvalue weighted by Gasteiger charge is 2.21. The monoisotopic (exact) mass is 226 g/mol. The van der Waals surface area contributed by atoms with E-state index >= 15 is 0 Å². The molecule has 2 heterocycles. The molecule has 1 atom stereocenters. The molecule has 6 heteroatoms. The molecule has 1 aliphatic rings. The predicted octanol–water partition coefficient (Wildman–Crippen LogP) is 0.927. The number of nitrogens with one attached hydrogen (secondary N) is 2. The molecule has 15 heavy (non-hydrogen) atoms. The molecule has 0 radical (unpaired) electrons. The van der Waals surface area contributed by atoms with Crippen LogP contribution in [0.3, 0.4) is 0 Å². The predicted molar refractivity (Wildman–Crippen MR) is 58.9 cm³/mol. The van der Waals surface area contributed by atoms with Crippen molar-refractivity contribution in [2.24, 2.45) is 0 Å². The Bertz CT molecular complexity index is 346. The lowest BCUT2D eigenvalue weighted by Gasteiger charge is -2.21. The van der Waals surface area contributed by atoms with Gasteiger partial charge in [0.2, 0.25) is 11.0 Å². The van der Waals surface area contributed by atoms with E-state index in [1.165, 1.54) is 11.3 Å². The van der Waals surface area contributed by atoms with Crippen molar-refractivity contribution in [1.29, 1.82) is 0 Å². The van der Waals surface area contributed by atoms with Gasteiger partial charge in [-0.2, -0.15) is 0 Å². The van der Waals surface area contributed by atoms with Crippen molar-refractivity contribution in [1.82, 2.24) is 15.5 Å². The average molecular weight is 226 g/mol. The third kappa shape index (κ3) is 2.73. The first-order chi connectivity index (χ1) is 7.25. The summed E-state index contributed by atoms with van der Waals surface area (Å²) in [5.41, 5.74) is 0. The molecule has 1 aliphatic heterocycles. The molecular weight excluding hydrogens is 212 g/mol. The number of piperidine rings is 1. The van der Waals surface area contributed by atoms with Crippen LogP contribution in [0.5, 0.6) is 0 Å². The molecule has 0 saturated carbocycles. The van der Waals surface area contributed by atoms with E-state index < -0.39 is 0 Å². The molecule has 0 spiro atoms. The highest BCUT2D eigenvalue weighted by molar-refractivity contribution is 7.15. The van der Waals surface area contributed by atoms with Gasteiger partial charge in [-0.1, -0.05) is 17.8 Å². The van der Waals surface area contributed by atoms with E-state index in [1.54, 1.807) is 0 Å². The Balaban J connectivity index is 1.91. The van der Waals surface area contributed by atoms with E-state index in [9.17, 15) is 4.79 Å². The van der Waals surface area contributed by atoms with Crippen LogP contribution < -0.4 is 10.6 Å². The van der Waals surface area contributed by atoms with Gasteiger partial charge >= 0.3 is 0 Å². The molecule has 1 saturated heterocycles. The van der Waals surface area contributed by atoms with Gasteiger partial charge in [-0.05, 0) is 26.3 Å². The van der Waals surface area contributed by atoms with Gasteiger partial charge in [0.15, 0.2) is 0 Å². The van der Waals surface area contributed by atoms with E-state index in [4.69, 9.17) is 0 Å². The Morgan fingerprint density at radius 3 is 3.00 bits per heavy atom. The van der Waals surface area contributed by atoms with Gasteiger partial charge in [0.25, 0.3) is 0 Å². The molecule has 0 aliphatic carbocycles. The number of anilines is 1. The van der Waals surface area contributed by atoms with Gasteiger partial charge in [0, 0.05) is 0 Å². The van der Waals surface area contributed by atoms with E-state index in [-0.39, 0.29) is 11.9 Å². The number of aryl methyl sites for hydroxylation is 1. The zero-order valence-electron chi connectivity index (χ0n) is 8.62. The van der Waals surface area contributed by atoms with Crippen molar-refractivity contribution < 1.29 is 4.79 Å². The number of carbonyl (C=O) groups is 1. The third-order valence-corrected chi connectivity index (χ3v) is 3.14. The number of hydrogen-bond donors (Lipinski definition) is 2. The number of rotatable bonds is 2. The third-order valence-electron chi connectivity index (χ3n) is 2.38. The van der Waals surface area contributed by atoms with Crippen molar-refractivity contribution in [3.63, 3.8) is 0 Å². The van der Waals surface area contributed by atoms with Crippen LogP contribution in [-0.2, 0) is 4.79 Å². The lowest BCUT2D eigenvalue weighted by atomic mass is 10.0. The van der Waals surface area contributed by atoms with Crippen LogP contribution in [0.4, 0.5) is 5.13 Å². The van der Waals surface area contributed by atoms with Crippen molar-refractivity contribution >= 4 is 22.4 Å². The molecule has 2 rings (SSSR count). The quantitative estimate of drug-likeness (QED) is 0.787. The summed E-state index contributed by atoms with van der Waals surface area (Å²) in [7, 11) is 0. The second-order valence-electron chi connectivity index (χ2n) is 3.62. The number of aromatic nitrogens is 2. The molecule has 82 valence electrons. The molecule has 1 fully saturated rings. The van der Waals surface area contributed by atoms with Crippen LogP contribution in [-0.4, -0.2) is 28.7 Å². The molecule has 1 amide bonds. The lowest BCUT2D eigenvalue weighted by Crippen LogP contribution is -2.43. The summed E-state index contributed by atoms with van der Waals surface area (Å²) in [6.07, 6.45) is 3.17. The fraction of sp³-hybridized carbons (Fsp3) is 0.667. The van der Waals surface area contributed by atoms with Crippen molar-refractivity contribution in [2.45, 2.75) is 32.2 Å². The van der Waals surface area contributed by atoms with Gasteiger partial charge in [0.05, 0.1) is 6.04 Å². The summed E-state index contributed by atoms with van der Waals surface area (Å²) in [6, 6.07) is -0.0667. The van der Waals surface area contributed by atoms with Crippen LogP contribution in [0, 0.1) is 6.92 Å². The Morgan fingerprint density at radius 1 is 1.53 bits per heavy atom. The van der Waals surface area contributed by atoms with Crippen LogP contribution in [0.2, 0.25) is 0 Å². The maximum absolute atomic E-state index is 11.7. The zero-order valence-corrected chi connectivity index (χ0v) is 9.43. The van der Waals surface area contributed by atoms with Crippen LogP contribution in [0.25, 0.3) is 0 Å². The Morgan fingerprint density at radius 2 is 2.40 bits per heavy atom. The topological polar surface area (TPSA) is 66.9 Å². The molecule has 5 nitrogen and oxygen atoms in total. The van der Waals surface area contributed by atoms with Crippen molar-refractivity contribution in [2.75, 3.05) is 11.9 Å². The largest absolute Gasteiger partial charge is 0.306 e. The average Bonchev–Trinajstić information content (AvgIpc) is 2.65. The highest BCUT2D eigenvalue weighted by atomic mass is 32.1. The molecular formula is C9H14N4OS. The second kappa shape index (κ2) is 4.67. The van der Waals surface area contributed by atoms with Gasteiger partial charge in [-0.15, -0.1) is 10.2 Å². The van der Waals surface area contributed by atoms with Gasteiger partial charge in [-0.3, -0.25) is 10.1 Å². The van der Waals surface area contributed by atoms with Crippen LogP contribution in [0.1, 0.15) is 24.3 Å². The van der Waals surface area contributed by atoms with E-state index in [1.807, 2.05) is 6.92 Å². The van der Waals surface area contributed by atoms with Crippen LogP contribution in [0.15, 0.2) is 0 Å². The second-order valence-corrected chi connectivity index (χ2v) is 4.80. The Labute approximate surface area is 92.3 Å². The summed E-state index contributed by atoms with van der Waals surface area (Å²) in [4.78, 5) is 11.7. The van der Waals surface area contributed by atoms with E-state index in [0.29, 0.717) is 5.13 Å². The number of nitrogens with zero attached hydrogens (tertiary/aromatic N) is 2. The fourth-order valence-electron chi connectivity index (χ4n) is 1.62.